The van der Waals surface area contributed by atoms with Crippen LogP contribution in [0, 0.1) is 20.8 Å². The van der Waals surface area contributed by atoms with Crippen LogP contribution in [-0.2, 0) is 4.74 Å². The molecule has 0 aliphatic carbocycles. The minimum Gasteiger partial charge on any atom is -0.369 e. The van der Waals surface area contributed by atoms with Crippen LogP contribution in [0.5, 0.6) is 0 Å². The highest BCUT2D eigenvalue weighted by molar-refractivity contribution is 5.98. The molecule has 0 spiro atoms. The van der Waals surface area contributed by atoms with E-state index in [2.05, 4.69) is 6.58 Å². The summed E-state index contributed by atoms with van der Waals surface area (Å²) in [6, 6.07) is 3.97. The number of rotatable bonds is 5. The van der Waals surface area contributed by atoms with Crippen LogP contribution in [0.2, 0.25) is 0 Å². The van der Waals surface area contributed by atoms with Gasteiger partial charge in [-0.05, 0) is 43.5 Å². The average molecular weight is 218 g/mol. The van der Waals surface area contributed by atoms with Crippen LogP contribution in [0.4, 0.5) is 0 Å². The van der Waals surface area contributed by atoms with E-state index in [1.807, 2.05) is 32.9 Å². The summed E-state index contributed by atoms with van der Waals surface area (Å²) in [5.74, 6) is 0.0300. The standard InChI is InChI=1S/C14H18O2/c1-5-6-16-9-14(15)13-8-11(3)10(2)7-12(13)4/h5,7-8H,1,6,9H2,2-4H3. The topological polar surface area (TPSA) is 26.3 Å². The second-order valence-electron chi connectivity index (χ2n) is 3.98. The molecule has 0 N–H and O–H groups in total. The summed E-state index contributed by atoms with van der Waals surface area (Å²) < 4.78 is 5.16. The Morgan fingerprint density at radius 1 is 1.25 bits per heavy atom. The van der Waals surface area contributed by atoms with Crippen LogP contribution in [0.3, 0.4) is 0 Å². The molecule has 2 nitrogen and oxygen atoms in total. The lowest BCUT2D eigenvalue weighted by molar-refractivity contribution is 0.0805. The van der Waals surface area contributed by atoms with Crippen molar-refractivity contribution < 1.29 is 9.53 Å². The quantitative estimate of drug-likeness (QED) is 0.431. The number of ether oxygens (including phenoxy) is 1. The molecular formula is C14H18O2. The first-order chi connectivity index (χ1) is 7.56. The van der Waals surface area contributed by atoms with Gasteiger partial charge in [0.25, 0.3) is 0 Å². The predicted octanol–water partition coefficient (Wildman–Crippen LogP) is 3.00. The third kappa shape index (κ3) is 3.04. The molecule has 0 amide bonds. The number of hydrogen-bond acceptors (Lipinski definition) is 2. The zero-order valence-electron chi connectivity index (χ0n) is 10.2. The fourth-order valence-corrected chi connectivity index (χ4v) is 1.57. The van der Waals surface area contributed by atoms with Crippen LogP contribution in [0.25, 0.3) is 0 Å². The van der Waals surface area contributed by atoms with E-state index in [0.717, 1.165) is 16.7 Å². The van der Waals surface area contributed by atoms with Crippen LogP contribution < -0.4 is 0 Å². The van der Waals surface area contributed by atoms with Gasteiger partial charge in [0.15, 0.2) is 5.78 Å². The third-order valence-corrected chi connectivity index (χ3v) is 2.61. The number of hydrogen-bond donors (Lipinski definition) is 0. The number of carbonyl (C=O) groups excluding carboxylic acids is 1. The molecule has 0 aliphatic heterocycles. The van der Waals surface area contributed by atoms with Crippen molar-refractivity contribution in [1.29, 1.82) is 0 Å². The lowest BCUT2D eigenvalue weighted by Gasteiger charge is -2.08. The van der Waals surface area contributed by atoms with Crippen LogP contribution >= 0.6 is 0 Å². The molecule has 1 aromatic rings. The Balaban J connectivity index is 2.83. The van der Waals surface area contributed by atoms with Crippen molar-refractivity contribution >= 4 is 5.78 Å². The molecule has 86 valence electrons. The normalized spacial score (nSPS) is 10.2. The number of aryl methyl sites for hydroxylation is 3. The van der Waals surface area contributed by atoms with Crippen molar-refractivity contribution in [2.24, 2.45) is 0 Å². The molecule has 0 heterocycles. The van der Waals surface area contributed by atoms with E-state index in [4.69, 9.17) is 4.74 Å². The average Bonchev–Trinajstić information content (AvgIpc) is 2.23. The van der Waals surface area contributed by atoms with Crippen molar-refractivity contribution in [3.05, 3.63) is 47.0 Å². The van der Waals surface area contributed by atoms with Gasteiger partial charge in [-0.25, -0.2) is 0 Å². The van der Waals surface area contributed by atoms with Crippen LogP contribution in [0.1, 0.15) is 27.0 Å². The van der Waals surface area contributed by atoms with E-state index < -0.39 is 0 Å². The molecule has 0 fully saturated rings. The number of carbonyl (C=O) groups is 1. The van der Waals surface area contributed by atoms with E-state index in [0.29, 0.717) is 6.61 Å². The predicted molar refractivity (Wildman–Crippen MR) is 66.0 cm³/mol. The molecule has 0 unspecified atom stereocenters. The second-order valence-corrected chi connectivity index (χ2v) is 3.98. The fourth-order valence-electron chi connectivity index (χ4n) is 1.57. The Morgan fingerprint density at radius 2 is 1.88 bits per heavy atom. The molecule has 0 aliphatic rings. The Morgan fingerprint density at radius 3 is 2.50 bits per heavy atom. The SMILES string of the molecule is C=CCOCC(=O)c1cc(C)c(C)cc1C. The van der Waals surface area contributed by atoms with Gasteiger partial charge in [0.1, 0.15) is 6.61 Å². The second kappa shape index (κ2) is 5.61. The molecule has 16 heavy (non-hydrogen) atoms. The molecule has 0 saturated carbocycles. The first-order valence-corrected chi connectivity index (χ1v) is 5.36. The summed E-state index contributed by atoms with van der Waals surface area (Å²) in [4.78, 5) is 11.8. The van der Waals surface area contributed by atoms with Gasteiger partial charge >= 0.3 is 0 Å². The van der Waals surface area contributed by atoms with Gasteiger partial charge in [-0.15, -0.1) is 6.58 Å². The highest BCUT2D eigenvalue weighted by Crippen LogP contribution is 2.15. The van der Waals surface area contributed by atoms with Gasteiger partial charge in [0.2, 0.25) is 0 Å². The van der Waals surface area contributed by atoms with Crippen molar-refractivity contribution in [3.63, 3.8) is 0 Å². The van der Waals surface area contributed by atoms with Gasteiger partial charge in [-0.1, -0.05) is 12.1 Å². The summed E-state index contributed by atoms with van der Waals surface area (Å²) >= 11 is 0. The van der Waals surface area contributed by atoms with Gasteiger partial charge in [0, 0.05) is 5.56 Å². The molecule has 0 saturated heterocycles. The highest BCUT2D eigenvalue weighted by atomic mass is 16.5. The lowest BCUT2D eigenvalue weighted by atomic mass is 9.98. The first-order valence-electron chi connectivity index (χ1n) is 5.36. The Bertz CT molecular complexity index is 405. The van der Waals surface area contributed by atoms with E-state index in [9.17, 15) is 4.79 Å². The summed E-state index contributed by atoms with van der Waals surface area (Å²) in [6.07, 6.45) is 1.64. The van der Waals surface area contributed by atoms with Gasteiger partial charge < -0.3 is 4.74 Å². The summed E-state index contributed by atoms with van der Waals surface area (Å²) in [5.41, 5.74) is 4.11. The molecule has 0 bridgehead atoms. The Labute approximate surface area is 96.9 Å². The summed E-state index contributed by atoms with van der Waals surface area (Å²) in [7, 11) is 0. The van der Waals surface area contributed by atoms with Crippen molar-refractivity contribution in [2.75, 3.05) is 13.2 Å². The zero-order chi connectivity index (χ0) is 12.1. The van der Waals surface area contributed by atoms with Crippen molar-refractivity contribution in [3.8, 4) is 0 Å². The maximum atomic E-state index is 11.8. The van der Waals surface area contributed by atoms with E-state index in [1.54, 1.807) is 6.08 Å². The molecule has 0 atom stereocenters. The largest absolute Gasteiger partial charge is 0.369 e. The smallest absolute Gasteiger partial charge is 0.188 e. The van der Waals surface area contributed by atoms with Crippen molar-refractivity contribution in [1.82, 2.24) is 0 Å². The molecule has 0 radical (unpaired) electrons. The minimum atomic E-state index is 0.0300. The number of benzene rings is 1. The molecule has 0 aromatic heterocycles. The maximum absolute atomic E-state index is 11.8. The Kier molecular flexibility index (Phi) is 4.44. The molecular weight excluding hydrogens is 200 g/mol. The zero-order valence-corrected chi connectivity index (χ0v) is 10.2. The van der Waals surface area contributed by atoms with Crippen LogP contribution in [0.15, 0.2) is 24.8 Å². The fraction of sp³-hybridized carbons (Fsp3) is 0.357. The van der Waals surface area contributed by atoms with E-state index in [-0.39, 0.29) is 12.4 Å². The summed E-state index contributed by atoms with van der Waals surface area (Å²) in [5, 5.41) is 0. The maximum Gasteiger partial charge on any atom is 0.188 e. The minimum absolute atomic E-state index is 0.0300. The molecule has 1 rings (SSSR count). The van der Waals surface area contributed by atoms with Crippen molar-refractivity contribution in [2.45, 2.75) is 20.8 Å². The lowest BCUT2D eigenvalue weighted by Crippen LogP contribution is -2.11. The van der Waals surface area contributed by atoms with E-state index >= 15 is 0 Å². The number of Topliss-reactive ketones (excluding diaryl/α,β-unsaturated/α-hetero) is 1. The van der Waals surface area contributed by atoms with Gasteiger partial charge in [-0.3, -0.25) is 4.79 Å². The summed E-state index contributed by atoms with van der Waals surface area (Å²) in [6.45, 7) is 10.1. The first kappa shape index (κ1) is 12.7. The molecule has 1 aromatic carbocycles. The van der Waals surface area contributed by atoms with Crippen LogP contribution in [-0.4, -0.2) is 19.0 Å². The number of ketones is 1. The highest BCUT2D eigenvalue weighted by Gasteiger charge is 2.10. The van der Waals surface area contributed by atoms with Gasteiger partial charge in [0.05, 0.1) is 6.61 Å². The Hall–Kier alpha value is -1.41. The van der Waals surface area contributed by atoms with Gasteiger partial charge in [-0.2, -0.15) is 0 Å². The third-order valence-electron chi connectivity index (χ3n) is 2.61. The molecule has 2 heteroatoms. The van der Waals surface area contributed by atoms with E-state index in [1.165, 1.54) is 5.56 Å². The monoisotopic (exact) mass is 218 g/mol.